The maximum atomic E-state index is 2.29. The first-order chi connectivity index (χ1) is 10.4. The minimum Gasteiger partial charge on any atom is -0.0654 e. The molecule has 0 heterocycles. The van der Waals surface area contributed by atoms with E-state index in [1.807, 2.05) is 0 Å². The van der Waals surface area contributed by atoms with Crippen LogP contribution in [0.1, 0.15) is 102 Å². The van der Waals surface area contributed by atoms with Crippen LogP contribution in [0.25, 0.3) is 0 Å². The fraction of sp³-hybridized carbons (Fsp3) is 0.714. The van der Waals surface area contributed by atoms with Gasteiger partial charge in [0.2, 0.25) is 0 Å². The quantitative estimate of drug-likeness (QED) is 0.380. The molecule has 0 bridgehead atoms. The first kappa shape index (κ1) is 18.3. The Bertz CT molecular complexity index is 307. The van der Waals surface area contributed by atoms with E-state index in [1.165, 1.54) is 94.6 Å². The summed E-state index contributed by atoms with van der Waals surface area (Å²) in [6.07, 6.45) is 18.7. The zero-order valence-corrected chi connectivity index (χ0v) is 14.5. The molecule has 0 amide bonds. The molecule has 0 aliphatic heterocycles. The van der Waals surface area contributed by atoms with Gasteiger partial charge in [-0.1, -0.05) is 115 Å². The SMILES string of the molecule is CCCCCCCCCCCCCC.c1ccc2c(c1)C2. The third-order valence-electron chi connectivity index (χ3n) is 4.33. The van der Waals surface area contributed by atoms with Crippen molar-refractivity contribution in [1.82, 2.24) is 0 Å². The molecule has 1 aromatic rings. The predicted octanol–water partition coefficient (Wildman–Crippen LogP) is 7.30. The van der Waals surface area contributed by atoms with Crippen LogP contribution in [0.15, 0.2) is 24.3 Å². The topological polar surface area (TPSA) is 0 Å². The minimum absolute atomic E-state index is 1.24. The van der Waals surface area contributed by atoms with E-state index in [-0.39, 0.29) is 0 Å². The van der Waals surface area contributed by atoms with E-state index in [1.54, 1.807) is 0 Å². The molecule has 2 rings (SSSR count). The molecule has 0 spiro atoms. The molecule has 1 aromatic carbocycles. The Morgan fingerprint density at radius 2 is 0.905 bits per heavy atom. The summed E-state index contributed by atoms with van der Waals surface area (Å²) in [5, 5.41) is 0. The zero-order chi connectivity index (χ0) is 15.2. The molecule has 0 saturated heterocycles. The summed E-state index contributed by atoms with van der Waals surface area (Å²) in [5.74, 6) is 0. The highest BCUT2D eigenvalue weighted by molar-refractivity contribution is 5.44. The second kappa shape index (κ2) is 12.9. The smallest absolute Gasteiger partial charge is 0.00201 e. The lowest BCUT2D eigenvalue weighted by molar-refractivity contribution is 0.548. The predicted molar refractivity (Wildman–Crippen MR) is 96.0 cm³/mol. The standard InChI is InChI=1S/C14H30.C7H6/c1-3-5-7-9-11-13-14-12-10-8-6-4-2;1-2-4-7-5-6(7)3-1/h3-14H2,1-2H3;1-4H,5H2. The molecular formula is C21H36. The van der Waals surface area contributed by atoms with E-state index in [0.717, 1.165) is 0 Å². The number of rotatable bonds is 11. The highest BCUT2D eigenvalue weighted by Gasteiger charge is 2.12. The van der Waals surface area contributed by atoms with Crippen molar-refractivity contribution < 1.29 is 0 Å². The van der Waals surface area contributed by atoms with Crippen molar-refractivity contribution in [3.63, 3.8) is 0 Å². The Kier molecular flexibility index (Phi) is 11.2. The Morgan fingerprint density at radius 3 is 1.19 bits per heavy atom. The fourth-order valence-corrected chi connectivity index (χ4v) is 2.75. The van der Waals surface area contributed by atoms with Crippen molar-refractivity contribution in [2.75, 3.05) is 0 Å². The number of benzene rings is 1. The highest BCUT2D eigenvalue weighted by atomic mass is 14.2. The van der Waals surface area contributed by atoms with Crippen LogP contribution in [0.3, 0.4) is 0 Å². The van der Waals surface area contributed by atoms with Gasteiger partial charge in [-0.3, -0.25) is 0 Å². The van der Waals surface area contributed by atoms with Gasteiger partial charge in [0.1, 0.15) is 0 Å². The van der Waals surface area contributed by atoms with E-state index < -0.39 is 0 Å². The average Bonchev–Trinajstić information content (AvgIpc) is 3.29. The molecule has 0 N–H and O–H groups in total. The normalized spacial score (nSPS) is 11.5. The molecule has 0 saturated carbocycles. The molecule has 1 aliphatic rings. The second-order valence-corrected chi connectivity index (χ2v) is 6.48. The van der Waals surface area contributed by atoms with Crippen molar-refractivity contribution in [3.8, 4) is 0 Å². The Labute approximate surface area is 133 Å². The fourth-order valence-electron chi connectivity index (χ4n) is 2.75. The summed E-state index contributed by atoms with van der Waals surface area (Å²) in [7, 11) is 0. The zero-order valence-electron chi connectivity index (χ0n) is 14.5. The van der Waals surface area contributed by atoms with E-state index in [4.69, 9.17) is 0 Å². The lowest BCUT2D eigenvalue weighted by atomic mass is 10.1. The lowest BCUT2D eigenvalue weighted by Crippen LogP contribution is -1.81. The van der Waals surface area contributed by atoms with Gasteiger partial charge in [-0.25, -0.2) is 0 Å². The van der Waals surface area contributed by atoms with Crippen LogP contribution in [-0.4, -0.2) is 0 Å². The molecule has 0 unspecified atom stereocenters. The van der Waals surface area contributed by atoms with Crippen molar-refractivity contribution in [2.45, 2.75) is 97.3 Å². The van der Waals surface area contributed by atoms with Crippen LogP contribution < -0.4 is 0 Å². The third kappa shape index (κ3) is 10.6. The Hall–Kier alpha value is -0.780. The summed E-state index contributed by atoms with van der Waals surface area (Å²) in [5.41, 5.74) is 3.06. The van der Waals surface area contributed by atoms with Gasteiger partial charge in [-0.2, -0.15) is 0 Å². The van der Waals surface area contributed by atoms with E-state index in [9.17, 15) is 0 Å². The Balaban J connectivity index is 0.000000255. The number of hydrogen-bond acceptors (Lipinski definition) is 0. The molecule has 0 aromatic heterocycles. The largest absolute Gasteiger partial charge is 0.0654 e. The monoisotopic (exact) mass is 288 g/mol. The van der Waals surface area contributed by atoms with Crippen molar-refractivity contribution in [2.24, 2.45) is 0 Å². The molecule has 1 aliphatic carbocycles. The second-order valence-electron chi connectivity index (χ2n) is 6.48. The number of unbranched alkanes of at least 4 members (excludes halogenated alkanes) is 11. The maximum Gasteiger partial charge on any atom is -0.00201 e. The van der Waals surface area contributed by atoms with E-state index in [0.29, 0.717) is 0 Å². The van der Waals surface area contributed by atoms with Crippen LogP contribution in [0.4, 0.5) is 0 Å². The van der Waals surface area contributed by atoms with Gasteiger partial charge in [0.15, 0.2) is 0 Å². The molecule has 21 heavy (non-hydrogen) atoms. The van der Waals surface area contributed by atoms with Gasteiger partial charge in [0, 0.05) is 0 Å². The van der Waals surface area contributed by atoms with Crippen molar-refractivity contribution in [1.29, 1.82) is 0 Å². The molecular weight excluding hydrogens is 252 g/mol. The highest BCUT2D eigenvalue weighted by Crippen LogP contribution is 2.25. The molecule has 120 valence electrons. The van der Waals surface area contributed by atoms with Crippen molar-refractivity contribution in [3.05, 3.63) is 35.4 Å². The summed E-state index contributed by atoms with van der Waals surface area (Å²) < 4.78 is 0. The van der Waals surface area contributed by atoms with Gasteiger partial charge in [-0.15, -0.1) is 0 Å². The van der Waals surface area contributed by atoms with E-state index >= 15 is 0 Å². The van der Waals surface area contributed by atoms with Crippen LogP contribution >= 0.6 is 0 Å². The van der Waals surface area contributed by atoms with Gasteiger partial charge in [-0.05, 0) is 17.5 Å². The molecule has 0 radical (unpaired) electrons. The van der Waals surface area contributed by atoms with Crippen LogP contribution in [0, 0.1) is 0 Å². The summed E-state index contributed by atoms with van der Waals surface area (Å²) in [4.78, 5) is 0. The van der Waals surface area contributed by atoms with Crippen molar-refractivity contribution >= 4 is 0 Å². The molecule has 0 fully saturated rings. The third-order valence-corrected chi connectivity index (χ3v) is 4.33. The van der Waals surface area contributed by atoms with Crippen LogP contribution in [0.5, 0.6) is 0 Å². The number of hydrogen-bond donors (Lipinski definition) is 0. The summed E-state index contributed by atoms with van der Waals surface area (Å²) >= 11 is 0. The van der Waals surface area contributed by atoms with Crippen LogP contribution in [0.2, 0.25) is 0 Å². The van der Waals surface area contributed by atoms with Crippen LogP contribution in [-0.2, 0) is 6.42 Å². The van der Waals surface area contributed by atoms with Gasteiger partial charge in [0.05, 0.1) is 0 Å². The summed E-state index contributed by atoms with van der Waals surface area (Å²) in [6.45, 7) is 4.57. The summed E-state index contributed by atoms with van der Waals surface area (Å²) in [6, 6.07) is 8.53. The maximum absolute atomic E-state index is 2.29. The van der Waals surface area contributed by atoms with Gasteiger partial charge < -0.3 is 0 Å². The molecule has 0 atom stereocenters. The van der Waals surface area contributed by atoms with E-state index in [2.05, 4.69) is 38.1 Å². The minimum atomic E-state index is 1.24. The molecule has 0 nitrogen and oxygen atoms in total. The molecule has 0 heteroatoms. The average molecular weight is 289 g/mol. The van der Waals surface area contributed by atoms with Gasteiger partial charge >= 0.3 is 0 Å². The number of fused-ring (bicyclic) bond motifs is 1. The first-order valence-corrected chi connectivity index (χ1v) is 9.45. The van der Waals surface area contributed by atoms with Gasteiger partial charge in [0.25, 0.3) is 0 Å². The lowest BCUT2D eigenvalue weighted by Gasteiger charge is -2.01. The first-order valence-electron chi connectivity index (χ1n) is 9.45. The Morgan fingerprint density at radius 1 is 0.571 bits per heavy atom.